The lowest BCUT2D eigenvalue weighted by Crippen LogP contribution is -2.37. The summed E-state index contributed by atoms with van der Waals surface area (Å²) in [6, 6.07) is 14.3. The van der Waals surface area contributed by atoms with Gasteiger partial charge in [0, 0.05) is 31.6 Å². The maximum absolute atomic E-state index is 11.0. The Bertz CT molecular complexity index is 966. The molecular formula is C17H20N3O3S2+. The van der Waals surface area contributed by atoms with Crippen molar-refractivity contribution in [3.8, 4) is 0 Å². The van der Waals surface area contributed by atoms with E-state index in [1.54, 1.807) is 23.5 Å². The van der Waals surface area contributed by atoms with Gasteiger partial charge in [0.2, 0.25) is 10.5 Å². The van der Waals surface area contributed by atoms with Crippen molar-refractivity contribution in [2.45, 2.75) is 24.8 Å². The first-order valence-corrected chi connectivity index (χ1v) is 10.2. The minimum Gasteiger partial charge on any atom is -0.322 e. The number of aryl methyl sites for hydroxylation is 2. The smallest absolute Gasteiger partial charge is 0.294 e. The molecule has 0 spiro atoms. The summed E-state index contributed by atoms with van der Waals surface area (Å²) in [4.78, 5) is -0.116. The van der Waals surface area contributed by atoms with Crippen molar-refractivity contribution in [3.05, 3.63) is 53.5 Å². The molecule has 6 nitrogen and oxygen atoms in total. The molecule has 0 aliphatic rings. The molecule has 3 N–H and O–H groups in total. The van der Waals surface area contributed by atoms with E-state index in [0.717, 1.165) is 25.2 Å². The first kappa shape index (κ1) is 17.8. The number of nitrogens with one attached hydrogen (secondary N) is 2. The van der Waals surface area contributed by atoms with Gasteiger partial charge in [0.05, 0.1) is 4.90 Å². The minimum atomic E-state index is -4.15. The van der Waals surface area contributed by atoms with E-state index in [9.17, 15) is 8.42 Å². The molecule has 3 aromatic rings. The number of fused-ring (bicyclic) bond motifs is 1. The highest BCUT2D eigenvalue weighted by Gasteiger charge is 2.15. The number of benzene rings is 2. The molecule has 0 fully saturated rings. The lowest BCUT2D eigenvalue weighted by atomic mass is 10.3. The molecule has 0 bridgehead atoms. The molecule has 0 saturated heterocycles. The molecule has 0 aliphatic heterocycles. The van der Waals surface area contributed by atoms with Crippen molar-refractivity contribution in [3.63, 3.8) is 0 Å². The van der Waals surface area contributed by atoms with Gasteiger partial charge in [-0.1, -0.05) is 23.5 Å². The highest BCUT2D eigenvalue weighted by molar-refractivity contribution is 7.85. The van der Waals surface area contributed by atoms with E-state index in [1.807, 2.05) is 0 Å². The van der Waals surface area contributed by atoms with Crippen LogP contribution in [0.1, 0.15) is 11.4 Å². The van der Waals surface area contributed by atoms with Crippen molar-refractivity contribution < 1.29 is 17.5 Å². The average molecular weight is 378 g/mol. The van der Waals surface area contributed by atoms with Crippen LogP contribution in [0.2, 0.25) is 0 Å². The number of anilines is 1. The Morgan fingerprint density at radius 3 is 2.56 bits per heavy atom. The molecule has 3 rings (SSSR count). The van der Waals surface area contributed by atoms with E-state index in [2.05, 4.69) is 46.6 Å². The molecule has 2 aromatic carbocycles. The number of hydrogen-bond donors (Lipinski definition) is 3. The maximum atomic E-state index is 11.0. The largest absolute Gasteiger partial charge is 0.322 e. The van der Waals surface area contributed by atoms with Crippen LogP contribution in [0.4, 0.5) is 5.69 Å². The molecule has 0 unspecified atom stereocenters. The van der Waals surface area contributed by atoms with Crippen LogP contribution in [0.15, 0.2) is 53.4 Å². The molecule has 0 saturated carbocycles. The van der Waals surface area contributed by atoms with Gasteiger partial charge in [-0.3, -0.25) is 4.55 Å². The lowest BCUT2D eigenvalue weighted by molar-refractivity contribution is -0.673. The first-order chi connectivity index (χ1) is 11.9. The van der Waals surface area contributed by atoms with Crippen LogP contribution in [-0.4, -0.2) is 19.5 Å². The highest BCUT2D eigenvalue weighted by atomic mass is 32.2. The molecule has 25 heavy (non-hydrogen) atoms. The summed E-state index contributed by atoms with van der Waals surface area (Å²) < 4.78 is 34.6. The SMILES string of the molecule is Cc1sc2ccccc2[n+]1CCCNNc1ccc(S(=O)(=O)O)cc1. The molecule has 1 aromatic heterocycles. The molecular weight excluding hydrogens is 358 g/mol. The van der Waals surface area contributed by atoms with E-state index in [-0.39, 0.29) is 4.90 Å². The maximum Gasteiger partial charge on any atom is 0.294 e. The quantitative estimate of drug-likeness (QED) is 0.255. The van der Waals surface area contributed by atoms with Gasteiger partial charge in [0.1, 0.15) is 4.70 Å². The Morgan fingerprint density at radius 1 is 1.12 bits per heavy atom. The zero-order valence-electron chi connectivity index (χ0n) is 13.8. The first-order valence-electron chi connectivity index (χ1n) is 7.89. The van der Waals surface area contributed by atoms with Crippen LogP contribution in [0.25, 0.3) is 10.2 Å². The number of hydrogen-bond acceptors (Lipinski definition) is 5. The van der Waals surface area contributed by atoms with Crippen molar-refractivity contribution >= 4 is 37.4 Å². The zero-order chi connectivity index (χ0) is 17.9. The topological polar surface area (TPSA) is 82.3 Å². The van der Waals surface area contributed by atoms with E-state index >= 15 is 0 Å². The third-order valence-corrected chi connectivity index (χ3v) is 5.81. The van der Waals surface area contributed by atoms with Gasteiger partial charge in [-0.15, -0.1) is 0 Å². The van der Waals surface area contributed by atoms with E-state index < -0.39 is 10.1 Å². The van der Waals surface area contributed by atoms with Gasteiger partial charge in [-0.25, -0.2) is 5.43 Å². The predicted octanol–water partition coefficient (Wildman–Crippen LogP) is 2.75. The number of rotatable bonds is 7. The summed E-state index contributed by atoms with van der Waals surface area (Å²) in [7, 11) is -4.15. The summed E-state index contributed by atoms with van der Waals surface area (Å²) >= 11 is 1.80. The molecule has 0 radical (unpaired) electrons. The predicted molar refractivity (Wildman–Crippen MR) is 99.3 cm³/mol. The number of thiazole rings is 1. The fourth-order valence-electron chi connectivity index (χ4n) is 2.63. The van der Waals surface area contributed by atoms with Gasteiger partial charge < -0.3 is 5.43 Å². The molecule has 0 aliphatic carbocycles. The monoisotopic (exact) mass is 378 g/mol. The second-order valence-electron chi connectivity index (χ2n) is 5.65. The van der Waals surface area contributed by atoms with Crippen LogP contribution in [0.3, 0.4) is 0 Å². The Kier molecular flexibility index (Phi) is 5.33. The van der Waals surface area contributed by atoms with Gasteiger partial charge >= 0.3 is 0 Å². The number of hydrazine groups is 1. The summed E-state index contributed by atoms with van der Waals surface area (Å²) in [5, 5.41) is 1.29. The van der Waals surface area contributed by atoms with Crippen LogP contribution in [0, 0.1) is 6.92 Å². The number of para-hydroxylation sites is 1. The highest BCUT2D eigenvalue weighted by Crippen LogP contribution is 2.19. The molecule has 8 heteroatoms. The van der Waals surface area contributed by atoms with Gasteiger partial charge in [-0.2, -0.15) is 13.0 Å². The fourth-order valence-corrected chi connectivity index (χ4v) is 4.16. The van der Waals surface area contributed by atoms with E-state index in [1.165, 1.54) is 27.4 Å². The lowest BCUT2D eigenvalue weighted by Gasteiger charge is -2.08. The van der Waals surface area contributed by atoms with Crippen molar-refractivity contribution in [1.82, 2.24) is 5.43 Å². The van der Waals surface area contributed by atoms with Crippen molar-refractivity contribution in [2.24, 2.45) is 0 Å². The van der Waals surface area contributed by atoms with Gasteiger partial charge in [0.15, 0.2) is 6.54 Å². The van der Waals surface area contributed by atoms with Gasteiger partial charge in [0.25, 0.3) is 10.1 Å². The second kappa shape index (κ2) is 7.49. The molecule has 0 amide bonds. The number of nitrogens with zero attached hydrogens (tertiary/aromatic N) is 1. The van der Waals surface area contributed by atoms with E-state index in [4.69, 9.17) is 4.55 Å². The fraction of sp³-hybridized carbons (Fsp3) is 0.235. The summed E-state index contributed by atoms with van der Waals surface area (Å²) in [5.41, 5.74) is 8.14. The minimum absolute atomic E-state index is 0.116. The standard InChI is InChI=1S/C17H19N3O3S2/c1-13-20(16-5-2-3-6-17(16)24-13)12-4-11-18-19-14-7-9-15(10-8-14)25(21,22)23/h2-3,5-10,18-19H,4,11-12H2,1H3/p+1. The van der Waals surface area contributed by atoms with Gasteiger partial charge in [-0.05, 0) is 30.3 Å². The van der Waals surface area contributed by atoms with Crippen LogP contribution in [-0.2, 0) is 16.7 Å². The number of aromatic nitrogens is 1. The second-order valence-corrected chi connectivity index (χ2v) is 8.30. The molecule has 1 heterocycles. The third-order valence-electron chi connectivity index (χ3n) is 3.86. The van der Waals surface area contributed by atoms with Crippen molar-refractivity contribution in [1.29, 1.82) is 0 Å². The van der Waals surface area contributed by atoms with Crippen LogP contribution in [0.5, 0.6) is 0 Å². The summed E-state index contributed by atoms with van der Waals surface area (Å²) in [6.07, 6.45) is 0.947. The average Bonchev–Trinajstić information content (AvgIpc) is 2.90. The Balaban J connectivity index is 1.49. The normalized spacial score (nSPS) is 11.8. The Hall–Kier alpha value is -2.00. The van der Waals surface area contributed by atoms with Crippen LogP contribution < -0.4 is 15.4 Å². The molecule has 132 valence electrons. The Morgan fingerprint density at radius 2 is 1.84 bits per heavy atom. The van der Waals surface area contributed by atoms with E-state index in [0.29, 0.717) is 0 Å². The van der Waals surface area contributed by atoms with Crippen LogP contribution >= 0.6 is 11.3 Å². The summed E-state index contributed by atoms with van der Waals surface area (Å²) in [6.45, 7) is 3.82. The zero-order valence-corrected chi connectivity index (χ0v) is 15.4. The van der Waals surface area contributed by atoms with Crippen molar-refractivity contribution in [2.75, 3.05) is 12.0 Å². The third kappa shape index (κ3) is 4.35. The Labute approximate surface area is 150 Å². The summed E-state index contributed by atoms with van der Waals surface area (Å²) in [5.74, 6) is 0. The molecule has 0 atom stereocenters.